The van der Waals surface area contributed by atoms with E-state index in [0.717, 1.165) is 21.8 Å². The highest BCUT2D eigenvalue weighted by Gasteiger charge is 2.14. The van der Waals surface area contributed by atoms with Gasteiger partial charge in [-0.2, -0.15) is 0 Å². The van der Waals surface area contributed by atoms with Crippen molar-refractivity contribution in [3.63, 3.8) is 0 Å². The van der Waals surface area contributed by atoms with Crippen molar-refractivity contribution in [3.8, 4) is 0 Å². The molecule has 1 nitrogen and oxygen atoms in total. The molecule has 0 unspecified atom stereocenters. The molecule has 0 heterocycles. The molecule has 0 saturated carbocycles. The first-order valence-corrected chi connectivity index (χ1v) is 5.91. The maximum Gasteiger partial charge on any atom is 0.196 e. The molecule has 0 aliphatic carbocycles. The molecule has 2 aromatic carbocycles. The second-order valence-corrected chi connectivity index (χ2v) is 4.71. The molecule has 2 rings (SSSR count). The Morgan fingerprint density at radius 1 is 1.00 bits per heavy atom. The molecule has 0 saturated heterocycles. The Bertz CT molecular complexity index is 564. The fourth-order valence-corrected chi connectivity index (χ4v) is 1.79. The molecule has 86 valence electrons. The molecule has 0 bridgehead atoms. The Kier molecular flexibility index (Phi) is 3.51. The average molecular weight is 344 g/mol. The fourth-order valence-electron chi connectivity index (χ4n) is 1.43. The lowest BCUT2D eigenvalue weighted by Gasteiger charge is -2.03. The second kappa shape index (κ2) is 4.91. The lowest BCUT2D eigenvalue weighted by atomic mass is 10.0. The van der Waals surface area contributed by atoms with Crippen molar-refractivity contribution in [2.24, 2.45) is 0 Å². The Balaban J connectivity index is 2.43. The van der Waals surface area contributed by atoms with Crippen LogP contribution in [0.15, 0.2) is 42.5 Å². The highest BCUT2D eigenvalue weighted by Crippen LogP contribution is 2.16. The first-order chi connectivity index (χ1) is 8.08. The summed E-state index contributed by atoms with van der Waals surface area (Å²) >= 11 is 2.10. The molecule has 0 N–H and O–H groups in total. The van der Waals surface area contributed by atoms with Crippen LogP contribution in [0.1, 0.15) is 15.9 Å². The van der Waals surface area contributed by atoms with Crippen LogP contribution in [0.4, 0.5) is 8.78 Å². The van der Waals surface area contributed by atoms with E-state index in [0.29, 0.717) is 5.56 Å². The molecular formula is C13H7F2IO. The van der Waals surface area contributed by atoms with E-state index in [4.69, 9.17) is 0 Å². The SMILES string of the molecule is O=C(c1ccc(I)cc1)c1cc(F)ccc1F. The normalized spacial score (nSPS) is 10.3. The van der Waals surface area contributed by atoms with Crippen molar-refractivity contribution in [2.45, 2.75) is 0 Å². The number of hydrogen-bond acceptors (Lipinski definition) is 1. The third-order valence-corrected chi connectivity index (χ3v) is 3.00. The maximum absolute atomic E-state index is 13.4. The van der Waals surface area contributed by atoms with Gasteiger partial charge >= 0.3 is 0 Å². The van der Waals surface area contributed by atoms with Crippen molar-refractivity contribution < 1.29 is 13.6 Å². The van der Waals surface area contributed by atoms with Gasteiger partial charge in [0.05, 0.1) is 5.56 Å². The molecule has 0 fully saturated rings. The van der Waals surface area contributed by atoms with Crippen LogP contribution in [-0.4, -0.2) is 5.78 Å². The monoisotopic (exact) mass is 344 g/mol. The molecule has 2 aromatic rings. The van der Waals surface area contributed by atoms with E-state index in [1.807, 2.05) is 0 Å². The highest BCUT2D eigenvalue weighted by molar-refractivity contribution is 14.1. The van der Waals surface area contributed by atoms with E-state index in [2.05, 4.69) is 22.6 Å². The molecule has 0 aliphatic rings. The zero-order valence-electron chi connectivity index (χ0n) is 8.58. The van der Waals surface area contributed by atoms with Crippen LogP contribution in [-0.2, 0) is 0 Å². The van der Waals surface area contributed by atoms with Crippen molar-refractivity contribution in [1.29, 1.82) is 0 Å². The first kappa shape index (κ1) is 12.2. The number of halogens is 3. The standard InChI is InChI=1S/C13H7F2IO/c14-9-3-6-12(15)11(7-9)13(17)8-1-4-10(16)5-2-8/h1-7H. The minimum atomic E-state index is -0.713. The Hall–Kier alpha value is -1.30. The van der Waals surface area contributed by atoms with Crippen molar-refractivity contribution in [2.75, 3.05) is 0 Å². The number of carbonyl (C=O) groups is 1. The maximum atomic E-state index is 13.4. The van der Waals surface area contributed by atoms with E-state index in [9.17, 15) is 13.6 Å². The minimum Gasteiger partial charge on any atom is -0.288 e. The molecule has 0 atom stereocenters. The van der Waals surface area contributed by atoms with Gasteiger partial charge in [-0.15, -0.1) is 0 Å². The average Bonchev–Trinajstić information content (AvgIpc) is 2.32. The zero-order chi connectivity index (χ0) is 12.4. The number of carbonyl (C=O) groups excluding carboxylic acids is 1. The van der Waals surface area contributed by atoms with Crippen LogP contribution >= 0.6 is 22.6 Å². The lowest BCUT2D eigenvalue weighted by molar-refractivity contribution is 0.103. The summed E-state index contributed by atoms with van der Waals surface area (Å²) in [7, 11) is 0. The van der Waals surface area contributed by atoms with Gasteiger partial charge in [0.25, 0.3) is 0 Å². The van der Waals surface area contributed by atoms with E-state index in [1.54, 1.807) is 24.3 Å². The third-order valence-electron chi connectivity index (χ3n) is 2.28. The molecular weight excluding hydrogens is 337 g/mol. The van der Waals surface area contributed by atoms with Crippen molar-refractivity contribution >= 4 is 28.4 Å². The van der Waals surface area contributed by atoms with Crippen molar-refractivity contribution in [1.82, 2.24) is 0 Å². The Labute approximate surface area is 111 Å². The quantitative estimate of drug-likeness (QED) is 0.598. The van der Waals surface area contributed by atoms with Gasteiger partial charge in [0, 0.05) is 9.13 Å². The third kappa shape index (κ3) is 2.69. The van der Waals surface area contributed by atoms with Gasteiger partial charge in [-0.25, -0.2) is 8.78 Å². The minimum absolute atomic E-state index is 0.244. The van der Waals surface area contributed by atoms with Crippen LogP contribution < -0.4 is 0 Å². The molecule has 0 amide bonds. The number of hydrogen-bond donors (Lipinski definition) is 0. The van der Waals surface area contributed by atoms with Gasteiger partial charge in [-0.05, 0) is 65.1 Å². The summed E-state index contributed by atoms with van der Waals surface area (Å²) in [6.45, 7) is 0. The topological polar surface area (TPSA) is 17.1 Å². The van der Waals surface area contributed by atoms with Gasteiger partial charge < -0.3 is 0 Å². The number of ketones is 1. The summed E-state index contributed by atoms with van der Waals surface area (Å²) in [6.07, 6.45) is 0. The van der Waals surface area contributed by atoms with E-state index < -0.39 is 17.4 Å². The summed E-state index contributed by atoms with van der Waals surface area (Å²) in [5.41, 5.74) is 0.0983. The molecule has 0 aliphatic heterocycles. The first-order valence-electron chi connectivity index (χ1n) is 4.83. The molecule has 0 spiro atoms. The summed E-state index contributed by atoms with van der Waals surface area (Å²) < 4.78 is 27.3. The van der Waals surface area contributed by atoms with Crippen molar-refractivity contribution in [3.05, 3.63) is 68.8 Å². The number of benzene rings is 2. The summed E-state index contributed by atoms with van der Waals surface area (Å²) in [6, 6.07) is 9.52. The van der Waals surface area contributed by atoms with Crippen LogP contribution in [0.25, 0.3) is 0 Å². The summed E-state index contributed by atoms with van der Waals surface area (Å²) in [5.74, 6) is -1.85. The Morgan fingerprint density at radius 3 is 2.29 bits per heavy atom. The van der Waals surface area contributed by atoms with Crippen LogP contribution in [0.3, 0.4) is 0 Å². The highest BCUT2D eigenvalue weighted by atomic mass is 127. The van der Waals surface area contributed by atoms with Gasteiger partial charge in [0.1, 0.15) is 11.6 Å². The summed E-state index contributed by atoms with van der Waals surface area (Å²) in [4.78, 5) is 11.9. The molecule has 0 aromatic heterocycles. The smallest absolute Gasteiger partial charge is 0.196 e. The predicted molar refractivity (Wildman–Crippen MR) is 68.9 cm³/mol. The predicted octanol–water partition coefficient (Wildman–Crippen LogP) is 3.80. The van der Waals surface area contributed by atoms with E-state index in [-0.39, 0.29) is 5.56 Å². The largest absolute Gasteiger partial charge is 0.288 e. The number of rotatable bonds is 2. The van der Waals surface area contributed by atoms with Gasteiger partial charge in [-0.3, -0.25) is 4.79 Å². The Morgan fingerprint density at radius 2 is 1.65 bits per heavy atom. The van der Waals surface area contributed by atoms with Gasteiger partial charge in [0.15, 0.2) is 5.78 Å². The molecule has 17 heavy (non-hydrogen) atoms. The lowest BCUT2D eigenvalue weighted by Crippen LogP contribution is -2.04. The van der Waals surface area contributed by atoms with E-state index >= 15 is 0 Å². The summed E-state index contributed by atoms with van der Waals surface area (Å²) in [5, 5.41) is 0. The second-order valence-electron chi connectivity index (χ2n) is 3.46. The molecule has 0 radical (unpaired) electrons. The van der Waals surface area contributed by atoms with Crippen LogP contribution in [0.5, 0.6) is 0 Å². The molecule has 4 heteroatoms. The zero-order valence-corrected chi connectivity index (χ0v) is 10.7. The van der Waals surface area contributed by atoms with Crippen LogP contribution in [0, 0.1) is 15.2 Å². The van der Waals surface area contributed by atoms with E-state index in [1.165, 1.54) is 0 Å². The van der Waals surface area contributed by atoms with Gasteiger partial charge in [0.2, 0.25) is 0 Å². The van der Waals surface area contributed by atoms with Crippen LogP contribution in [0.2, 0.25) is 0 Å². The van der Waals surface area contributed by atoms with Gasteiger partial charge in [-0.1, -0.05) is 0 Å². The fraction of sp³-hybridized carbons (Fsp3) is 0.